The molecule has 1 aliphatic heterocycles. The summed E-state index contributed by atoms with van der Waals surface area (Å²) in [7, 11) is 0. The second kappa shape index (κ2) is 4.40. The van der Waals surface area contributed by atoms with Crippen molar-refractivity contribution >= 4 is 23.3 Å². The molecule has 0 spiro atoms. The summed E-state index contributed by atoms with van der Waals surface area (Å²) < 4.78 is 0. The van der Waals surface area contributed by atoms with E-state index < -0.39 is 12.0 Å². The molecule has 0 radical (unpaired) electrons. The number of nitrogens with one attached hydrogen (secondary N) is 1. The molecule has 0 bridgehead atoms. The number of carboxylic acid groups (broad SMARTS) is 1. The van der Waals surface area contributed by atoms with Crippen molar-refractivity contribution in [1.29, 1.82) is 0 Å². The van der Waals surface area contributed by atoms with Crippen molar-refractivity contribution in [3.63, 3.8) is 0 Å². The Bertz CT molecular complexity index is 461. The van der Waals surface area contributed by atoms with Crippen LogP contribution in [0.1, 0.15) is 13.3 Å². The second-order valence-corrected chi connectivity index (χ2v) is 3.83. The van der Waals surface area contributed by atoms with Gasteiger partial charge in [-0.3, -0.25) is 9.78 Å². The third kappa shape index (κ3) is 2.06. The monoisotopic (exact) mass is 235 g/mol. The molecule has 1 atom stereocenters. The highest BCUT2D eigenvalue weighted by Gasteiger charge is 2.31. The lowest BCUT2D eigenvalue weighted by Gasteiger charge is -2.34. The highest BCUT2D eigenvalue weighted by atomic mass is 16.4. The lowest BCUT2D eigenvalue weighted by molar-refractivity contribution is -0.138. The summed E-state index contributed by atoms with van der Waals surface area (Å²) >= 11 is 0. The Labute approximate surface area is 98.3 Å². The molecule has 90 valence electrons. The fourth-order valence-electron chi connectivity index (χ4n) is 1.96. The molecule has 2 N–H and O–H groups in total. The van der Waals surface area contributed by atoms with Gasteiger partial charge < -0.3 is 15.3 Å². The summed E-state index contributed by atoms with van der Waals surface area (Å²) in [4.78, 5) is 28.2. The van der Waals surface area contributed by atoms with Gasteiger partial charge in [0.1, 0.15) is 6.04 Å². The van der Waals surface area contributed by atoms with Crippen LogP contribution in [0, 0.1) is 0 Å². The number of aliphatic carboxylic acids is 1. The lowest BCUT2D eigenvalue weighted by Crippen LogP contribution is -2.48. The average Bonchev–Trinajstić information content (AvgIpc) is 2.29. The zero-order chi connectivity index (χ0) is 12.4. The van der Waals surface area contributed by atoms with Crippen LogP contribution in [0.5, 0.6) is 0 Å². The van der Waals surface area contributed by atoms with Crippen molar-refractivity contribution in [2.45, 2.75) is 19.4 Å². The van der Waals surface area contributed by atoms with Crippen LogP contribution in [0.25, 0.3) is 0 Å². The first-order valence-electron chi connectivity index (χ1n) is 5.36. The maximum Gasteiger partial charge on any atom is 0.326 e. The summed E-state index contributed by atoms with van der Waals surface area (Å²) in [6, 6.07) is 0.956. The van der Waals surface area contributed by atoms with Crippen molar-refractivity contribution in [2.75, 3.05) is 16.8 Å². The third-order valence-corrected chi connectivity index (χ3v) is 2.75. The molecule has 1 aromatic rings. The number of aromatic nitrogens is 1. The van der Waals surface area contributed by atoms with E-state index in [1.165, 1.54) is 0 Å². The molecule has 1 amide bonds. The third-order valence-electron chi connectivity index (χ3n) is 2.75. The van der Waals surface area contributed by atoms with E-state index >= 15 is 0 Å². The first-order chi connectivity index (χ1) is 8.13. The smallest absolute Gasteiger partial charge is 0.326 e. The Morgan fingerprint density at radius 1 is 1.71 bits per heavy atom. The summed E-state index contributed by atoms with van der Waals surface area (Å²) in [6.07, 6.45) is 3.56. The van der Waals surface area contributed by atoms with Crippen molar-refractivity contribution in [1.82, 2.24) is 4.98 Å². The van der Waals surface area contributed by atoms with Gasteiger partial charge in [0.05, 0.1) is 24.1 Å². The fourth-order valence-corrected chi connectivity index (χ4v) is 1.96. The maximum absolute atomic E-state index is 11.5. The zero-order valence-electron chi connectivity index (χ0n) is 9.38. The topological polar surface area (TPSA) is 82.5 Å². The van der Waals surface area contributed by atoms with Crippen molar-refractivity contribution in [3.8, 4) is 0 Å². The number of amides is 1. The number of hydrogen-bond acceptors (Lipinski definition) is 4. The Kier molecular flexibility index (Phi) is 2.95. The molecule has 0 fully saturated rings. The number of anilines is 2. The molecule has 0 aliphatic carbocycles. The van der Waals surface area contributed by atoms with Gasteiger partial charge in [-0.2, -0.15) is 0 Å². The molecule has 6 heteroatoms. The first kappa shape index (κ1) is 11.4. The zero-order valence-corrected chi connectivity index (χ0v) is 9.38. The highest BCUT2D eigenvalue weighted by Crippen LogP contribution is 2.30. The van der Waals surface area contributed by atoms with E-state index in [0.29, 0.717) is 17.8 Å². The van der Waals surface area contributed by atoms with E-state index in [1.807, 2.05) is 0 Å². The van der Waals surface area contributed by atoms with Crippen LogP contribution in [0.4, 0.5) is 11.4 Å². The number of carbonyl (C=O) groups excluding carboxylic acids is 1. The van der Waals surface area contributed by atoms with Gasteiger partial charge in [0.2, 0.25) is 5.91 Å². The van der Waals surface area contributed by atoms with Crippen molar-refractivity contribution < 1.29 is 14.7 Å². The SMILES string of the molecule is CCC(C(=O)O)N1CC(=O)Nc2ccncc21. The quantitative estimate of drug-likeness (QED) is 0.806. The van der Waals surface area contributed by atoms with E-state index in [-0.39, 0.29) is 12.5 Å². The standard InChI is InChI=1S/C11H13N3O3/c1-2-8(11(16)17)14-6-10(15)13-7-3-4-12-5-9(7)14/h3-5,8H,2,6H2,1H3,(H,13,15)(H,16,17). The minimum Gasteiger partial charge on any atom is -0.480 e. The summed E-state index contributed by atoms with van der Waals surface area (Å²) in [6.45, 7) is 1.82. The van der Waals surface area contributed by atoms with Crippen LogP contribution in [0.3, 0.4) is 0 Å². The molecule has 2 rings (SSSR count). The maximum atomic E-state index is 11.5. The van der Waals surface area contributed by atoms with Gasteiger partial charge in [0.25, 0.3) is 0 Å². The predicted molar refractivity (Wildman–Crippen MR) is 61.9 cm³/mol. The van der Waals surface area contributed by atoms with Crippen molar-refractivity contribution in [3.05, 3.63) is 18.5 Å². The summed E-state index contributed by atoms with van der Waals surface area (Å²) in [5, 5.41) is 11.8. The van der Waals surface area contributed by atoms with E-state index in [4.69, 9.17) is 5.11 Å². The van der Waals surface area contributed by atoms with Gasteiger partial charge >= 0.3 is 5.97 Å². The largest absolute Gasteiger partial charge is 0.480 e. The molecule has 6 nitrogen and oxygen atoms in total. The van der Waals surface area contributed by atoms with E-state index in [9.17, 15) is 9.59 Å². The number of nitrogens with zero attached hydrogens (tertiary/aromatic N) is 2. The molecule has 1 aromatic heterocycles. The van der Waals surface area contributed by atoms with Crippen LogP contribution in [-0.4, -0.2) is 34.6 Å². The van der Waals surface area contributed by atoms with Crippen LogP contribution in [0.15, 0.2) is 18.5 Å². The minimum absolute atomic E-state index is 0.0451. The van der Waals surface area contributed by atoms with Crippen LogP contribution in [-0.2, 0) is 9.59 Å². The van der Waals surface area contributed by atoms with E-state index in [0.717, 1.165) is 0 Å². The molecule has 2 heterocycles. The molecule has 0 saturated carbocycles. The second-order valence-electron chi connectivity index (χ2n) is 3.83. The average molecular weight is 235 g/mol. The number of carbonyl (C=O) groups is 2. The van der Waals surface area contributed by atoms with Crippen LogP contribution >= 0.6 is 0 Å². The van der Waals surface area contributed by atoms with Crippen LogP contribution in [0.2, 0.25) is 0 Å². The molecule has 0 saturated heterocycles. The van der Waals surface area contributed by atoms with Gasteiger partial charge in [-0.15, -0.1) is 0 Å². The fraction of sp³-hybridized carbons (Fsp3) is 0.364. The number of hydrogen-bond donors (Lipinski definition) is 2. The minimum atomic E-state index is -0.933. The van der Waals surface area contributed by atoms with Crippen molar-refractivity contribution in [2.24, 2.45) is 0 Å². The molecule has 1 aliphatic rings. The number of rotatable bonds is 3. The Balaban J connectivity index is 2.41. The van der Waals surface area contributed by atoms with E-state index in [2.05, 4.69) is 10.3 Å². The molecular weight excluding hydrogens is 222 g/mol. The molecular formula is C11H13N3O3. The van der Waals surface area contributed by atoms with Gasteiger partial charge in [0.15, 0.2) is 0 Å². The van der Waals surface area contributed by atoms with Gasteiger partial charge in [0, 0.05) is 6.20 Å². The highest BCUT2D eigenvalue weighted by molar-refractivity contribution is 6.02. The predicted octanol–water partition coefficient (Wildman–Crippen LogP) is 0.703. The van der Waals surface area contributed by atoms with E-state index in [1.54, 1.807) is 30.3 Å². The summed E-state index contributed by atoms with van der Waals surface area (Å²) in [5.74, 6) is -1.14. The molecule has 17 heavy (non-hydrogen) atoms. The molecule has 0 aromatic carbocycles. The Hall–Kier alpha value is -2.11. The van der Waals surface area contributed by atoms with Gasteiger partial charge in [-0.05, 0) is 12.5 Å². The Morgan fingerprint density at radius 2 is 2.47 bits per heavy atom. The summed E-state index contributed by atoms with van der Waals surface area (Å²) in [5.41, 5.74) is 1.26. The van der Waals surface area contributed by atoms with Crippen LogP contribution < -0.4 is 10.2 Å². The lowest BCUT2D eigenvalue weighted by atomic mass is 10.1. The number of carboxylic acids is 1. The normalized spacial score (nSPS) is 16.1. The Morgan fingerprint density at radius 3 is 3.12 bits per heavy atom. The number of fused-ring (bicyclic) bond motifs is 1. The van der Waals surface area contributed by atoms with Gasteiger partial charge in [-0.25, -0.2) is 4.79 Å². The number of pyridine rings is 1. The van der Waals surface area contributed by atoms with Gasteiger partial charge in [-0.1, -0.05) is 6.92 Å². The first-order valence-corrected chi connectivity index (χ1v) is 5.36. The molecule has 1 unspecified atom stereocenters.